The van der Waals surface area contributed by atoms with E-state index in [1.54, 1.807) is 26.0 Å². The Balaban J connectivity index is 1.19. The second kappa shape index (κ2) is 12.8. The summed E-state index contributed by atoms with van der Waals surface area (Å²) in [6, 6.07) is 5.81. The number of halogens is 1. The van der Waals surface area contributed by atoms with Crippen molar-refractivity contribution < 1.29 is 38.1 Å². The van der Waals surface area contributed by atoms with Gasteiger partial charge in [-0.05, 0) is 141 Å². The molecule has 7 rings (SSSR count). The molecule has 4 fully saturated rings. The van der Waals surface area contributed by atoms with E-state index in [2.05, 4.69) is 58.7 Å². The Kier molecular flexibility index (Phi) is 9.22. The van der Waals surface area contributed by atoms with Crippen LogP contribution < -0.4 is 0 Å². The number of hydrogen-bond acceptors (Lipinski definition) is 8. The number of carbonyl (C=O) groups is 3. The molecule has 294 valence electrons. The number of Topliss-reactive ketones (excluding diaryl/α,β-unsaturated/α-hetero) is 1. The van der Waals surface area contributed by atoms with Gasteiger partial charge in [0.2, 0.25) is 11.8 Å². The first-order valence-electron chi connectivity index (χ1n) is 20.1. The van der Waals surface area contributed by atoms with Gasteiger partial charge in [0.1, 0.15) is 18.0 Å². The number of carboxylic acid groups (broad SMARTS) is 1. The molecule has 1 unspecified atom stereocenters. The Hall–Kier alpha value is -3.40. The lowest BCUT2D eigenvalue weighted by Crippen LogP contribution is -2.66. The van der Waals surface area contributed by atoms with Gasteiger partial charge in [-0.25, -0.2) is 4.39 Å². The van der Waals surface area contributed by atoms with Crippen LogP contribution in [0.5, 0.6) is 0 Å². The highest BCUT2D eigenvalue weighted by Gasteiger charge is 2.71. The lowest BCUT2D eigenvalue weighted by molar-refractivity contribution is -0.235. The number of ketones is 1. The van der Waals surface area contributed by atoms with Gasteiger partial charge in [0.25, 0.3) is 0 Å². The molecule has 1 aromatic heterocycles. The Bertz CT molecular complexity index is 1880. The topological polar surface area (TPSA) is 140 Å². The molecule has 1 aromatic carbocycles. The molecular weight excluding hydrogens is 687 g/mol. The molecule has 10 heteroatoms. The zero-order valence-corrected chi connectivity index (χ0v) is 33.6. The van der Waals surface area contributed by atoms with Crippen LogP contribution in [0.4, 0.5) is 4.39 Å². The number of aliphatic carboxylic acids is 1. The maximum absolute atomic E-state index is 14.1. The Morgan fingerprint density at radius 2 is 1.63 bits per heavy atom. The molecule has 2 N–H and O–H groups in total. The normalized spacial score (nSPS) is 36.6. The van der Waals surface area contributed by atoms with Crippen molar-refractivity contribution in [1.29, 1.82) is 0 Å². The van der Waals surface area contributed by atoms with Gasteiger partial charge < -0.3 is 19.4 Å². The van der Waals surface area contributed by atoms with Gasteiger partial charge in [-0.3, -0.25) is 14.4 Å². The van der Waals surface area contributed by atoms with Crippen molar-refractivity contribution in [1.82, 2.24) is 10.2 Å². The van der Waals surface area contributed by atoms with Gasteiger partial charge >= 0.3 is 11.9 Å². The summed E-state index contributed by atoms with van der Waals surface area (Å²) >= 11 is 0. The number of rotatable bonds is 8. The minimum absolute atomic E-state index is 0.0000284. The summed E-state index contributed by atoms with van der Waals surface area (Å²) < 4.78 is 25.9. The molecule has 9 atom stereocenters. The second-order valence-electron chi connectivity index (χ2n) is 19.9. The second-order valence-corrected chi connectivity index (χ2v) is 19.9. The van der Waals surface area contributed by atoms with Crippen LogP contribution in [0.1, 0.15) is 139 Å². The monoisotopic (exact) mass is 746 g/mol. The van der Waals surface area contributed by atoms with Crippen LogP contribution in [-0.2, 0) is 19.1 Å². The number of aliphatic hydroxyl groups is 1. The SMILES string of the molecule is CC(C)C1=C2[C@H]3CC[C@@H]4[C@@]5(C)CC[C@H](OC(=O)CC(C)(C)C(=O)O)C(C)(C)C5CC[C@@]4(C)[C@]3(C)CC[C@@]2([C@@H](O)c2nnc(-c3ccc(F)cc3)o2)CC1=O. The molecule has 0 radical (unpaired) electrons. The highest BCUT2D eigenvalue weighted by molar-refractivity contribution is 6.00. The van der Waals surface area contributed by atoms with Crippen LogP contribution in [0.15, 0.2) is 39.8 Å². The zero-order valence-electron chi connectivity index (χ0n) is 33.6. The van der Waals surface area contributed by atoms with Crippen LogP contribution in [-0.4, -0.2) is 44.2 Å². The van der Waals surface area contributed by atoms with E-state index >= 15 is 0 Å². The van der Waals surface area contributed by atoms with Gasteiger partial charge in [-0.15, -0.1) is 10.2 Å². The Morgan fingerprint density at radius 1 is 0.944 bits per heavy atom. The van der Waals surface area contributed by atoms with Crippen LogP contribution >= 0.6 is 0 Å². The molecule has 2 aromatic rings. The van der Waals surface area contributed by atoms with Gasteiger partial charge in [0.15, 0.2) is 5.78 Å². The van der Waals surface area contributed by atoms with Crippen LogP contribution in [0.2, 0.25) is 0 Å². The number of carbonyl (C=O) groups excluding carboxylic acids is 2. The predicted octanol–water partition coefficient (Wildman–Crippen LogP) is 9.30. The van der Waals surface area contributed by atoms with Crippen LogP contribution in [0.3, 0.4) is 0 Å². The number of allylic oxidation sites excluding steroid dienone is 1. The van der Waals surface area contributed by atoms with E-state index in [-0.39, 0.29) is 75.8 Å². The number of benzene rings is 1. The maximum Gasteiger partial charge on any atom is 0.309 e. The Morgan fingerprint density at radius 3 is 2.28 bits per heavy atom. The number of hydrogen-bond donors (Lipinski definition) is 2. The fourth-order valence-corrected chi connectivity index (χ4v) is 13.1. The molecule has 0 bridgehead atoms. The van der Waals surface area contributed by atoms with Crippen molar-refractivity contribution >= 4 is 17.7 Å². The van der Waals surface area contributed by atoms with Crippen LogP contribution in [0.25, 0.3) is 11.5 Å². The first-order chi connectivity index (χ1) is 25.1. The van der Waals surface area contributed by atoms with Crippen molar-refractivity contribution in [2.24, 2.45) is 56.2 Å². The summed E-state index contributed by atoms with van der Waals surface area (Å²) in [5.74, 6) is -0.592. The third-order valence-corrected chi connectivity index (χ3v) is 16.2. The van der Waals surface area contributed by atoms with Gasteiger partial charge in [-0.2, -0.15) is 0 Å². The number of aliphatic hydroxyl groups excluding tert-OH is 1. The zero-order chi connectivity index (χ0) is 39.4. The fraction of sp³-hybridized carbons (Fsp3) is 0.705. The Labute approximate surface area is 318 Å². The number of carboxylic acids is 1. The molecular formula is C44H59FN2O7. The number of fused-ring (bicyclic) bond motifs is 7. The minimum Gasteiger partial charge on any atom is -0.481 e. The van der Waals surface area contributed by atoms with Crippen molar-refractivity contribution in [2.45, 2.75) is 139 Å². The van der Waals surface area contributed by atoms with E-state index in [1.807, 2.05) is 0 Å². The van der Waals surface area contributed by atoms with Gasteiger partial charge in [-0.1, -0.05) is 48.5 Å². The lowest BCUT2D eigenvalue weighted by atomic mass is 9.33. The number of ether oxygens (including phenoxy) is 1. The summed E-state index contributed by atoms with van der Waals surface area (Å²) in [6.07, 6.45) is 5.69. The van der Waals surface area contributed by atoms with Crippen molar-refractivity contribution in [3.05, 3.63) is 47.1 Å². The predicted molar refractivity (Wildman–Crippen MR) is 200 cm³/mol. The third kappa shape index (κ3) is 5.57. The highest BCUT2D eigenvalue weighted by Crippen LogP contribution is 2.77. The number of esters is 1. The van der Waals surface area contributed by atoms with E-state index < -0.39 is 28.9 Å². The molecule has 54 heavy (non-hydrogen) atoms. The van der Waals surface area contributed by atoms with Crippen molar-refractivity contribution in [3.63, 3.8) is 0 Å². The average molecular weight is 747 g/mol. The summed E-state index contributed by atoms with van der Waals surface area (Å²) in [6.45, 7) is 19.2. The number of nitrogens with zero attached hydrogens (tertiary/aromatic N) is 2. The van der Waals surface area contributed by atoms with E-state index in [0.29, 0.717) is 23.8 Å². The van der Waals surface area contributed by atoms with Gasteiger partial charge in [0, 0.05) is 22.8 Å². The van der Waals surface area contributed by atoms with Crippen molar-refractivity contribution in [2.75, 3.05) is 0 Å². The molecule has 5 aliphatic carbocycles. The molecule has 9 nitrogen and oxygen atoms in total. The van der Waals surface area contributed by atoms with Crippen LogP contribution in [0, 0.1) is 62.0 Å². The fourth-order valence-electron chi connectivity index (χ4n) is 13.1. The molecule has 0 spiro atoms. The summed E-state index contributed by atoms with van der Waals surface area (Å²) in [7, 11) is 0. The standard InChI is InChI=1S/C44H59FN2O7/c1-24(2)33-28(48)22-44(35(50)37-47-46-36(54-37)25-10-12-26(45)13-11-25)21-20-42(8)27(34(33)44)14-15-30-41(7)18-17-31(53-32(49)23-39(3,4)38(51)52)40(5,6)29(41)16-19-43(30,42)9/h10-13,24,27,29-31,35,50H,14-23H2,1-9H3,(H,51,52)/t27-,29?,30-,31+,35+,41+,42-,43-,44-/m1/s1. The third-order valence-electron chi connectivity index (χ3n) is 16.2. The summed E-state index contributed by atoms with van der Waals surface area (Å²) in [5.41, 5.74) is 0.0540. The molecule has 0 aliphatic heterocycles. The first kappa shape index (κ1) is 38.9. The number of aromatic nitrogens is 2. The first-order valence-corrected chi connectivity index (χ1v) is 20.1. The smallest absolute Gasteiger partial charge is 0.309 e. The molecule has 4 saturated carbocycles. The highest BCUT2D eigenvalue weighted by atomic mass is 19.1. The maximum atomic E-state index is 14.1. The average Bonchev–Trinajstić information content (AvgIpc) is 3.69. The summed E-state index contributed by atoms with van der Waals surface area (Å²) in [4.78, 5) is 39.0. The summed E-state index contributed by atoms with van der Waals surface area (Å²) in [5, 5.41) is 30.5. The molecule has 0 amide bonds. The quantitative estimate of drug-likeness (QED) is 0.253. The largest absolute Gasteiger partial charge is 0.481 e. The van der Waals surface area contributed by atoms with Crippen molar-refractivity contribution in [3.8, 4) is 11.5 Å². The van der Waals surface area contributed by atoms with Gasteiger partial charge in [0.05, 0.1) is 11.8 Å². The van der Waals surface area contributed by atoms with E-state index in [9.17, 15) is 29.0 Å². The van der Waals surface area contributed by atoms with E-state index in [4.69, 9.17) is 9.15 Å². The van der Waals surface area contributed by atoms with E-state index in [0.717, 1.165) is 56.1 Å². The lowest BCUT2D eigenvalue weighted by Gasteiger charge is -2.72. The minimum atomic E-state index is -1.19. The molecule has 5 aliphatic rings. The molecule has 1 heterocycles. The molecule has 0 saturated heterocycles. The van der Waals surface area contributed by atoms with E-state index in [1.165, 1.54) is 12.1 Å².